The Morgan fingerprint density at radius 1 is 1.45 bits per heavy atom. The molecule has 1 saturated heterocycles. The van der Waals surface area contributed by atoms with Gasteiger partial charge in [-0.15, -0.1) is 11.8 Å². The first-order valence-corrected chi connectivity index (χ1v) is 9.67. The maximum absolute atomic E-state index is 10.6. The number of hydrogen-bond acceptors (Lipinski definition) is 3. The van der Waals surface area contributed by atoms with Crippen molar-refractivity contribution < 1.29 is 4.79 Å². The van der Waals surface area contributed by atoms with Crippen molar-refractivity contribution in [3.8, 4) is 0 Å². The zero-order valence-corrected chi connectivity index (χ0v) is 16.2. The molecule has 2 unspecified atom stereocenters. The minimum absolute atomic E-state index is 0.213. The quantitative estimate of drug-likeness (QED) is 0.432. The Bertz CT molecular complexity index is 368. The number of nitrogens with zero attached hydrogens (tertiary/aromatic N) is 1. The summed E-state index contributed by atoms with van der Waals surface area (Å²) in [6, 6.07) is 0. The van der Waals surface area contributed by atoms with E-state index in [-0.39, 0.29) is 5.92 Å². The Labute approximate surface area is 142 Å². The molecule has 128 valence electrons. The van der Waals surface area contributed by atoms with Gasteiger partial charge in [-0.1, -0.05) is 32.4 Å². The van der Waals surface area contributed by atoms with Gasteiger partial charge in [0, 0.05) is 17.7 Å². The molecule has 1 fully saturated rings. The highest BCUT2D eigenvalue weighted by Crippen LogP contribution is 2.42. The van der Waals surface area contributed by atoms with E-state index in [1.54, 1.807) is 0 Å². The molecule has 0 bridgehead atoms. The first-order chi connectivity index (χ1) is 10.3. The number of allylic oxidation sites excluding steroid dienone is 2. The fraction of sp³-hybridized carbons (Fsp3) is 0.842. The molecule has 0 N–H and O–H groups in total. The first kappa shape index (κ1) is 19.8. The van der Waals surface area contributed by atoms with E-state index >= 15 is 0 Å². The highest BCUT2D eigenvalue weighted by Gasteiger charge is 2.37. The Kier molecular flexibility index (Phi) is 8.20. The third kappa shape index (κ3) is 6.45. The number of thioether (sulfide) groups is 1. The Balaban J connectivity index is 2.32. The molecule has 3 atom stereocenters. The lowest BCUT2D eigenvalue weighted by molar-refractivity contribution is -0.110. The van der Waals surface area contributed by atoms with Crippen LogP contribution in [0.1, 0.15) is 66.7 Å². The molecule has 0 aromatic carbocycles. The van der Waals surface area contributed by atoms with Crippen LogP contribution < -0.4 is 0 Å². The van der Waals surface area contributed by atoms with Crippen molar-refractivity contribution in [2.75, 3.05) is 13.6 Å². The Morgan fingerprint density at radius 2 is 2.14 bits per heavy atom. The highest BCUT2D eigenvalue weighted by atomic mass is 32.2. The molecule has 0 aromatic rings. The highest BCUT2D eigenvalue weighted by molar-refractivity contribution is 8.00. The lowest BCUT2D eigenvalue weighted by Crippen LogP contribution is -2.30. The molecular weight excluding hydrogens is 290 g/mol. The fourth-order valence-corrected chi connectivity index (χ4v) is 4.53. The van der Waals surface area contributed by atoms with Gasteiger partial charge < -0.3 is 4.79 Å². The van der Waals surface area contributed by atoms with Crippen LogP contribution in [0.25, 0.3) is 0 Å². The predicted molar refractivity (Wildman–Crippen MR) is 99.3 cm³/mol. The fourth-order valence-electron chi connectivity index (χ4n) is 2.95. The van der Waals surface area contributed by atoms with Crippen molar-refractivity contribution in [2.24, 2.45) is 11.3 Å². The number of aldehydes is 1. The standard InChI is InChI=1S/C19H35NOS/c1-15(9-7-10-16(2)14-21)11-8-12-19(4,5)18-13-20(6)17(3)22-18/h11,14,16-18H,7-10,12-13H2,1-6H3/b15-11-/t16?,17?,18-/m0/s1. The molecule has 0 saturated carbocycles. The van der Waals surface area contributed by atoms with Crippen molar-refractivity contribution in [3.63, 3.8) is 0 Å². The molecule has 1 aliphatic rings. The van der Waals surface area contributed by atoms with Crippen LogP contribution in [0, 0.1) is 11.3 Å². The lowest BCUT2D eigenvalue weighted by atomic mass is 9.83. The van der Waals surface area contributed by atoms with Crippen molar-refractivity contribution in [3.05, 3.63) is 11.6 Å². The molecule has 0 aliphatic carbocycles. The van der Waals surface area contributed by atoms with Gasteiger partial charge in [-0.25, -0.2) is 0 Å². The maximum atomic E-state index is 10.6. The van der Waals surface area contributed by atoms with Crippen LogP contribution in [0.15, 0.2) is 11.6 Å². The summed E-state index contributed by atoms with van der Waals surface area (Å²) in [5.74, 6) is 0.213. The molecular formula is C19H35NOS. The zero-order valence-electron chi connectivity index (χ0n) is 15.4. The Hall–Kier alpha value is -0.280. The van der Waals surface area contributed by atoms with Crippen LogP contribution in [-0.2, 0) is 4.79 Å². The average molecular weight is 326 g/mol. The molecule has 0 spiro atoms. The predicted octanol–water partition coefficient (Wildman–Crippen LogP) is 5.14. The van der Waals surface area contributed by atoms with Gasteiger partial charge in [-0.2, -0.15) is 0 Å². The van der Waals surface area contributed by atoms with E-state index in [0.717, 1.165) is 30.8 Å². The third-order valence-corrected chi connectivity index (χ3v) is 6.92. The van der Waals surface area contributed by atoms with Crippen LogP contribution in [0.4, 0.5) is 0 Å². The second kappa shape index (κ2) is 9.12. The number of carbonyl (C=O) groups is 1. The van der Waals surface area contributed by atoms with Gasteiger partial charge in [0.15, 0.2) is 0 Å². The second-order valence-corrected chi connectivity index (χ2v) is 9.27. The lowest BCUT2D eigenvalue weighted by Gasteiger charge is -2.30. The minimum atomic E-state index is 0.213. The smallest absolute Gasteiger partial charge is 0.122 e. The van der Waals surface area contributed by atoms with E-state index in [0.29, 0.717) is 10.8 Å². The maximum Gasteiger partial charge on any atom is 0.122 e. The van der Waals surface area contributed by atoms with Crippen LogP contribution in [0.2, 0.25) is 0 Å². The second-order valence-electron chi connectivity index (χ2n) is 7.75. The number of hydrogen-bond donors (Lipinski definition) is 0. The normalized spacial score (nSPS) is 25.5. The number of rotatable bonds is 9. The van der Waals surface area contributed by atoms with Crippen molar-refractivity contribution >= 4 is 18.0 Å². The molecule has 0 aromatic heterocycles. The molecule has 0 radical (unpaired) electrons. The average Bonchev–Trinajstić information content (AvgIpc) is 2.79. The summed E-state index contributed by atoms with van der Waals surface area (Å²) in [4.78, 5) is 13.1. The van der Waals surface area contributed by atoms with Crippen LogP contribution in [0.3, 0.4) is 0 Å². The summed E-state index contributed by atoms with van der Waals surface area (Å²) in [5.41, 5.74) is 1.88. The van der Waals surface area contributed by atoms with Gasteiger partial charge in [0.25, 0.3) is 0 Å². The van der Waals surface area contributed by atoms with Gasteiger partial charge >= 0.3 is 0 Å². The Morgan fingerprint density at radius 3 is 2.68 bits per heavy atom. The molecule has 1 rings (SSSR count). The summed E-state index contributed by atoms with van der Waals surface area (Å²) in [6.07, 6.45) is 9.20. The van der Waals surface area contributed by atoms with E-state index in [9.17, 15) is 4.79 Å². The van der Waals surface area contributed by atoms with Gasteiger partial charge in [-0.3, -0.25) is 4.90 Å². The summed E-state index contributed by atoms with van der Waals surface area (Å²) >= 11 is 2.13. The molecule has 1 aliphatic heterocycles. The van der Waals surface area contributed by atoms with E-state index < -0.39 is 0 Å². The van der Waals surface area contributed by atoms with E-state index in [2.05, 4.69) is 57.5 Å². The van der Waals surface area contributed by atoms with Crippen molar-refractivity contribution in [1.29, 1.82) is 0 Å². The molecule has 2 nitrogen and oxygen atoms in total. The largest absolute Gasteiger partial charge is 0.303 e. The first-order valence-electron chi connectivity index (χ1n) is 8.73. The summed E-state index contributed by atoms with van der Waals surface area (Å²) in [5, 5.41) is 1.40. The molecule has 3 heteroatoms. The molecule has 1 heterocycles. The minimum Gasteiger partial charge on any atom is -0.303 e. The number of carbonyl (C=O) groups excluding carboxylic acids is 1. The van der Waals surface area contributed by atoms with E-state index in [4.69, 9.17) is 0 Å². The van der Waals surface area contributed by atoms with Crippen molar-refractivity contribution in [1.82, 2.24) is 4.90 Å². The van der Waals surface area contributed by atoms with Gasteiger partial charge in [0.1, 0.15) is 6.29 Å². The topological polar surface area (TPSA) is 20.3 Å². The zero-order chi connectivity index (χ0) is 16.8. The van der Waals surface area contributed by atoms with Gasteiger partial charge in [0.2, 0.25) is 0 Å². The van der Waals surface area contributed by atoms with Gasteiger partial charge in [0.05, 0.1) is 5.37 Å². The van der Waals surface area contributed by atoms with Crippen LogP contribution in [-0.4, -0.2) is 35.4 Å². The van der Waals surface area contributed by atoms with E-state index in [1.165, 1.54) is 25.0 Å². The summed E-state index contributed by atoms with van der Waals surface area (Å²) in [7, 11) is 2.23. The summed E-state index contributed by atoms with van der Waals surface area (Å²) in [6.45, 7) is 12.6. The molecule has 0 amide bonds. The SMILES string of the molecule is C/C(=C/CCC(C)(C)[C@@H]1CN(C)C(C)S1)CCCC(C)C=O. The summed E-state index contributed by atoms with van der Waals surface area (Å²) < 4.78 is 0. The van der Waals surface area contributed by atoms with Crippen LogP contribution in [0.5, 0.6) is 0 Å². The third-order valence-electron chi connectivity index (χ3n) is 5.05. The van der Waals surface area contributed by atoms with E-state index in [1.807, 2.05) is 6.92 Å². The van der Waals surface area contributed by atoms with Crippen molar-refractivity contribution in [2.45, 2.75) is 77.3 Å². The van der Waals surface area contributed by atoms with Gasteiger partial charge in [-0.05, 0) is 58.4 Å². The molecule has 22 heavy (non-hydrogen) atoms. The monoisotopic (exact) mass is 325 g/mol. The van der Waals surface area contributed by atoms with Crippen LogP contribution >= 0.6 is 11.8 Å².